The maximum Gasteiger partial charge on any atom is 0.186 e. The van der Waals surface area contributed by atoms with Crippen LogP contribution in [-0.2, 0) is 0 Å². The van der Waals surface area contributed by atoms with Crippen molar-refractivity contribution in [3.05, 3.63) is 10.6 Å². The molecule has 104 valence electrons. The van der Waals surface area contributed by atoms with E-state index in [9.17, 15) is 5.11 Å². The molecule has 1 rings (SSSR count). The van der Waals surface area contributed by atoms with Crippen LogP contribution in [0.4, 0.5) is 5.13 Å². The minimum Gasteiger partial charge on any atom is -0.388 e. The number of aryl methyl sites for hydroxylation is 1. The molecule has 1 aromatic rings. The number of aliphatic hydroxyl groups excluding tert-OH is 1. The maximum absolute atomic E-state index is 9.70. The zero-order chi connectivity index (χ0) is 13.7. The summed E-state index contributed by atoms with van der Waals surface area (Å²) in [6, 6.07) is 0.453. The van der Waals surface area contributed by atoms with Crippen LogP contribution < -0.4 is 4.90 Å². The number of hydrogen-bond acceptors (Lipinski definition) is 4. The molecule has 0 aromatic carbocycles. The number of aliphatic hydroxyl groups is 1. The molecule has 0 aliphatic carbocycles. The van der Waals surface area contributed by atoms with Crippen molar-refractivity contribution in [1.82, 2.24) is 4.98 Å². The molecule has 1 heterocycles. The van der Waals surface area contributed by atoms with Gasteiger partial charge in [0.05, 0.1) is 16.7 Å². The van der Waals surface area contributed by atoms with Crippen molar-refractivity contribution in [2.75, 3.05) is 11.4 Å². The van der Waals surface area contributed by atoms with E-state index in [0.717, 1.165) is 22.2 Å². The molecule has 0 fully saturated rings. The van der Waals surface area contributed by atoms with Gasteiger partial charge >= 0.3 is 0 Å². The minimum absolute atomic E-state index is 0.416. The van der Waals surface area contributed by atoms with Gasteiger partial charge in [-0.1, -0.05) is 31.1 Å². The molecule has 18 heavy (non-hydrogen) atoms. The van der Waals surface area contributed by atoms with E-state index >= 15 is 0 Å². The lowest BCUT2D eigenvalue weighted by Gasteiger charge is -2.26. The highest BCUT2D eigenvalue weighted by Gasteiger charge is 2.18. The third-order valence-electron chi connectivity index (χ3n) is 3.07. The van der Waals surface area contributed by atoms with Crippen molar-refractivity contribution in [1.29, 1.82) is 0 Å². The number of rotatable bonds is 7. The first-order valence-corrected chi connectivity index (χ1v) is 7.71. The fourth-order valence-electron chi connectivity index (χ4n) is 2.01. The van der Waals surface area contributed by atoms with Crippen LogP contribution in [0.2, 0.25) is 0 Å². The summed E-state index contributed by atoms with van der Waals surface area (Å²) in [5.74, 6) is 0. The largest absolute Gasteiger partial charge is 0.388 e. The molecule has 1 unspecified atom stereocenters. The SMILES string of the molecule is CCCCCN(c1nc(C)c(C(C)O)s1)C(C)C. The summed E-state index contributed by atoms with van der Waals surface area (Å²) < 4.78 is 0. The molecule has 1 atom stereocenters. The Bertz CT molecular complexity index is 361. The van der Waals surface area contributed by atoms with Crippen LogP contribution in [0.15, 0.2) is 0 Å². The summed E-state index contributed by atoms with van der Waals surface area (Å²) in [4.78, 5) is 7.95. The van der Waals surface area contributed by atoms with E-state index in [1.54, 1.807) is 18.3 Å². The number of hydrogen-bond donors (Lipinski definition) is 1. The van der Waals surface area contributed by atoms with E-state index in [4.69, 9.17) is 0 Å². The van der Waals surface area contributed by atoms with Crippen LogP contribution in [0.5, 0.6) is 0 Å². The van der Waals surface area contributed by atoms with Gasteiger partial charge < -0.3 is 10.0 Å². The second-order valence-electron chi connectivity index (χ2n) is 5.12. The molecular formula is C14H26N2OS. The van der Waals surface area contributed by atoms with Gasteiger partial charge in [-0.25, -0.2) is 4.98 Å². The summed E-state index contributed by atoms with van der Waals surface area (Å²) in [5, 5.41) is 10.8. The van der Waals surface area contributed by atoms with Gasteiger partial charge in [0.1, 0.15) is 0 Å². The summed E-state index contributed by atoms with van der Waals surface area (Å²) >= 11 is 1.63. The van der Waals surface area contributed by atoms with E-state index in [-0.39, 0.29) is 0 Å². The molecular weight excluding hydrogens is 244 g/mol. The lowest BCUT2D eigenvalue weighted by Crippen LogP contribution is -2.31. The zero-order valence-corrected chi connectivity index (χ0v) is 13.0. The Morgan fingerprint density at radius 3 is 2.39 bits per heavy atom. The Morgan fingerprint density at radius 2 is 1.94 bits per heavy atom. The predicted octanol–water partition coefficient (Wildman–Crippen LogP) is 3.91. The molecule has 0 aliphatic heterocycles. The quantitative estimate of drug-likeness (QED) is 0.763. The fourth-order valence-corrected chi connectivity index (χ4v) is 3.17. The predicted molar refractivity (Wildman–Crippen MR) is 79.5 cm³/mol. The highest BCUT2D eigenvalue weighted by molar-refractivity contribution is 7.15. The average Bonchev–Trinajstić information content (AvgIpc) is 2.66. The van der Waals surface area contributed by atoms with Gasteiger partial charge in [0.25, 0.3) is 0 Å². The fraction of sp³-hybridized carbons (Fsp3) is 0.786. The van der Waals surface area contributed by atoms with Crippen molar-refractivity contribution in [2.45, 2.75) is 66.0 Å². The van der Waals surface area contributed by atoms with Crippen LogP contribution in [0, 0.1) is 6.92 Å². The van der Waals surface area contributed by atoms with Crippen LogP contribution in [0.25, 0.3) is 0 Å². The van der Waals surface area contributed by atoms with Crippen LogP contribution in [0.3, 0.4) is 0 Å². The monoisotopic (exact) mass is 270 g/mol. The van der Waals surface area contributed by atoms with E-state index in [1.165, 1.54) is 19.3 Å². The first kappa shape index (κ1) is 15.4. The van der Waals surface area contributed by atoms with E-state index in [2.05, 4.69) is 30.7 Å². The van der Waals surface area contributed by atoms with Gasteiger partial charge in [0.15, 0.2) is 5.13 Å². The smallest absolute Gasteiger partial charge is 0.186 e. The molecule has 4 heteroatoms. The molecule has 0 aliphatic rings. The third kappa shape index (κ3) is 3.95. The molecule has 0 saturated heterocycles. The second kappa shape index (κ2) is 7.10. The van der Waals surface area contributed by atoms with Crippen molar-refractivity contribution >= 4 is 16.5 Å². The maximum atomic E-state index is 9.70. The van der Waals surface area contributed by atoms with Crippen molar-refractivity contribution in [3.63, 3.8) is 0 Å². The Labute approximate surface area is 115 Å². The Balaban J connectivity index is 2.82. The number of anilines is 1. The Kier molecular flexibility index (Phi) is 6.09. The van der Waals surface area contributed by atoms with Gasteiger partial charge in [0, 0.05) is 12.6 Å². The molecule has 3 nitrogen and oxygen atoms in total. The van der Waals surface area contributed by atoms with Gasteiger partial charge in [-0.2, -0.15) is 0 Å². The van der Waals surface area contributed by atoms with Gasteiger partial charge in [0.2, 0.25) is 0 Å². The van der Waals surface area contributed by atoms with Gasteiger partial charge in [-0.15, -0.1) is 0 Å². The number of aromatic nitrogens is 1. The average molecular weight is 270 g/mol. The number of unbranched alkanes of at least 4 members (excludes halogenated alkanes) is 2. The molecule has 0 spiro atoms. The zero-order valence-electron chi connectivity index (χ0n) is 12.2. The molecule has 0 saturated carbocycles. The topological polar surface area (TPSA) is 36.4 Å². The first-order valence-electron chi connectivity index (χ1n) is 6.89. The summed E-state index contributed by atoms with van der Waals surface area (Å²) in [5.41, 5.74) is 0.964. The summed E-state index contributed by atoms with van der Waals surface area (Å²) in [7, 11) is 0. The minimum atomic E-state index is -0.416. The first-order chi connectivity index (χ1) is 8.47. The van der Waals surface area contributed by atoms with Crippen LogP contribution >= 0.6 is 11.3 Å². The molecule has 0 amide bonds. The van der Waals surface area contributed by atoms with Gasteiger partial charge in [-0.05, 0) is 34.1 Å². The normalized spacial score (nSPS) is 13.1. The molecule has 1 N–H and O–H groups in total. The van der Waals surface area contributed by atoms with Crippen molar-refractivity contribution in [2.24, 2.45) is 0 Å². The highest BCUT2D eigenvalue weighted by atomic mass is 32.1. The lowest BCUT2D eigenvalue weighted by atomic mass is 10.2. The van der Waals surface area contributed by atoms with Gasteiger partial charge in [-0.3, -0.25) is 0 Å². The Morgan fingerprint density at radius 1 is 1.28 bits per heavy atom. The van der Waals surface area contributed by atoms with Crippen molar-refractivity contribution in [3.8, 4) is 0 Å². The van der Waals surface area contributed by atoms with Crippen molar-refractivity contribution < 1.29 is 5.11 Å². The lowest BCUT2D eigenvalue weighted by molar-refractivity contribution is 0.202. The summed E-state index contributed by atoms with van der Waals surface area (Å²) in [6.45, 7) is 11.5. The number of thiazole rings is 1. The van der Waals surface area contributed by atoms with E-state index < -0.39 is 6.10 Å². The van der Waals surface area contributed by atoms with E-state index in [0.29, 0.717) is 6.04 Å². The van der Waals surface area contributed by atoms with Crippen LogP contribution in [0.1, 0.15) is 63.6 Å². The van der Waals surface area contributed by atoms with Crippen LogP contribution in [-0.4, -0.2) is 22.7 Å². The molecule has 1 aromatic heterocycles. The van der Waals surface area contributed by atoms with E-state index in [1.807, 2.05) is 6.92 Å². The standard InChI is InChI=1S/C14H26N2OS/c1-6-7-8-9-16(10(2)3)14-15-11(4)13(18-14)12(5)17/h10,12,17H,6-9H2,1-5H3. The summed E-state index contributed by atoms with van der Waals surface area (Å²) in [6.07, 6.45) is 3.29. The third-order valence-corrected chi connectivity index (χ3v) is 4.44. The number of nitrogens with zero attached hydrogens (tertiary/aromatic N) is 2. The molecule has 0 radical (unpaired) electrons. The molecule has 0 bridgehead atoms. The second-order valence-corrected chi connectivity index (χ2v) is 6.13. The Hall–Kier alpha value is -0.610. The highest BCUT2D eigenvalue weighted by Crippen LogP contribution is 2.31.